The molecule has 0 radical (unpaired) electrons. The second-order valence-electron chi connectivity index (χ2n) is 5.14. The Bertz CT molecular complexity index is 484. The summed E-state index contributed by atoms with van der Waals surface area (Å²) in [6.45, 7) is 1.94. The molecule has 2 heterocycles. The highest BCUT2D eigenvalue weighted by Crippen LogP contribution is 2.42. The first kappa shape index (κ1) is 11.5. The van der Waals surface area contributed by atoms with E-state index in [4.69, 9.17) is 4.74 Å². The molecule has 2 aliphatic heterocycles. The van der Waals surface area contributed by atoms with E-state index >= 15 is 0 Å². The normalized spacial score (nSPS) is 22.9. The topological polar surface area (TPSA) is 29.5 Å². The van der Waals surface area contributed by atoms with Gasteiger partial charge in [0.15, 0.2) is 0 Å². The van der Waals surface area contributed by atoms with Crippen LogP contribution in [0.1, 0.15) is 18.4 Å². The highest BCUT2D eigenvalue weighted by Gasteiger charge is 2.45. The highest BCUT2D eigenvalue weighted by molar-refractivity contribution is 5.98. The molecule has 1 saturated heterocycles. The van der Waals surface area contributed by atoms with Crippen molar-refractivity contribution < 1.29 is 9.53 Å². The summed E-state index contributed by atoms with van der Waals surface area (Å²) in [6.07, 6.45) is 3.44. The maximum atomic E-state index is 11.7. The van der Waals surface area contributed by atoms with Gasteiger partial charge >= 0.3 is 5.97 Å². The summed E-state index contributed by atoms with van der Waals surface area (Å²) in [7, 11) is 2.11. The first-order valence-electron chi connectivity index (χ1n) is 6.39. The number of hydrogen-bond donors (Lipinski definition) is 0. The van der Waals surface area contributed by atoms with Crippen LogP contribution < -0.4 is 0 Å². The van der Waals surface area contributed by atoms with Gasteiger partial charge in [-0.05, 0) is 12.6 Å². The Kier molecular flexibility index (Phi) is 2.71. The third kappa shape index (κ3) is 1.85. The summed E-state index contributed by atoms with van der Waals surface area (Å²) in [6, 6.07) is 10.1. The fraction of sp³-hybridized carbons (Fsp3) is 0.400. The van der Waals surface area contributed by atoms with Crippen LogP contribution in [-0.4, -0.2) is 36.6 Å². The van der Waals surface area contributed by atoms with E-state index in [-0.39, 0.29) is 11.6 Å². The summed E-state index contributed by atoms with van der Waals surface area (Å²) in [5.74, 6) is -0.196. The summed E-state index contributed by atoms with van der Waals surface area (Å²) < 4.78 is 5.65. The second kappa shape index (κ2) is 4.25. The van der Waals surface area contributed by atoms with Crippen molar-refractivity contribution in [3.8, 4) is 0 Å². The van der Waals surface area contributed by atoms with Gasteiger partial charge < -0.3 is 9.64 Å². The zero-order valence-electron chi connectivity index (χ0n) is 10.6. The Morgan fingerprint density at radius 2 is 1.83 bits per heavy atom. The number of carbonyl (C=O) groups is 1. The molecule has 1 fully saturated rings. The van der Waals surface area contributed by atoms with E-state index in [1.54, 1.807) is 6.08 Å². The lowest BCUT2D eigenvalue weighted by Crippen LogP contribution is -2.44. The van der Waals surface area contributed by atoms with Gasteiger partial charge in [0.2, 0.25) is 0 Å². The van der Waals surface area contributed by atoms with Crippen molar-refractivity contribution in [2.75, 3.05) is 20.1 Å². The average Bonchev–Trinajstić information content (AvgIpc) is 2.71. The lowest BCUT2D eigenvalue weighted by atomic mass is 9.81. The van der Waals surface area contributed by atoms with Gasteiger partial charge in [-0.3, -0.25) is 0 Å². The first-order chi connectivity index (χ1) is 8.70. The number of rotatable bonds is 1. The van der Waals surface area contributed by atoms with Crippen LogP contribution in [0.2, 0.25) is 0 Å². The lowest BCUT2D eigenvalue weighted by molar-refractivity contribution is -0.147. The second-order valence-corrected chi connectivity index (χ2v) is 5.14. The molecular weight excluding hydrogens is 226 g/mol. The summed E-state index contributed by atoms with van der Waals surface area (Å²) in [5, 5.41) is 0. The molecule has 3 nitrogen and oxygen atoms in total. The van der Waals surface area contributed by atoms with Crippen molar-refractivity contribution in [3.05, 3.63) is 42.0 Å². The van der Waals surface area contributed by atoms with Crippen molar-refractivity contribution in [2.45, 2.75) is 18.4 Å². The lowest BCUT2D eigenvalue weighted by Gasteiger charge is -2.38. The molecule has 0 amide bonds. The van der Waals surface area contributed by atoms with Crippen LogP contribution in [0.25, 0.3) is 5.57 Å². The Labute approximate surface area is 107 Å². The van der Waals surface area contributed by atoms with E-state index in [0.29, 0.717) is 0 Å². The molecule has 18 heavy (non-hydrogen) atoms. The zero-order valence-corrected chi connectivity index (χ0v) is 10.6. The molecule has 1 aromatic rings. The van der Waals surface area contributed by atoms with Crippen molar-refractivity contribution >= 4 is 11.5 Å². The van der Waals surface area contributed by atoms with Gasteiger partial charge in [-0.2, -0.15) is 0 Å². The third-order valence-corrected chi connectivity index (χ3v) is 3.93. The standard InChI is InChI=1S/C15H17NO2/c1-16-9-7-15(8-10-16)13(11-14(17)18-15)12-5-3-2-4-6-12/h2-6,11H,7-10H2,1H3. The smallest absolute Gasteiger partial charge is 0.332 e. The molecule has 2 aliphatic rings. The van der Waals surface area contributed by atoms with Gasteiger partial charge in [-0.15, -0.1) is 0 Å². The summed E-state index contributed by atoms with van der Waals surface area (Å²) in [5.41, 5.74) is 1.78. The van der Waals surface area contributed by atoms with E-state index in [1.165, 1.54) is 0 Å². The molecule has 0 bridgehead atoms. The molecule has 3 rings (SSSR count). The Morgan fingerprint density at radius 1 is 1.17 bits per heavy atom. The molecule has 0 N–H and O–H groups in total. The van der Waals surface area contributed by atoms with Crippen LogP contribution in [0.5, 0.6) is 0 Å². The summed E-state index contributed by atoms with van der Waals surface area (Å²) >= 11 is 0. The Balaban J connectivity index is 1.96. The average molecular weight is 243 g/mol. The van der Waals surface area contributed by atoms with Crippen molar-refractivity contribution in [1.29, 1.82) is 0 Å². The van der Waals surface area contributed by atoms with E-state index in [9.17, 15) is 4.79 Å². The van der Waals surface area contributed by atoms with Gasteiger partial charge in [-0.25, -0.2) is 4.79 Å². The van der Waals surface area contributed by atoms with Crippen LogP contribution in [0, 0.1) is 0 Å². The number of esters is 1. The molecule has 0 aromatic heterocycles. The molecule has 0 atom stereocenters. The molecular formula is C15H17NO2. The van der Waals surface area contributed by atoms with Gasteiger partial charge in [-0.1, -0.05) is 30.3 Å². The molecule has 1 aromatic carbocycles. The van der Waals surface area contributed by atoms with E-state index in [2.05, 4.69) is 11.9 Å². The molecule has 0 saturated carbocycles. The highest BCUT2D eigenvalue weighted by atomic mass is 16.6. The number of nitrogens with zero attached hydrogens (tertiary/aromatic N) is 1. The maximum Gasteiger partial charge on any atom is 0.332 e. The fourth-order valence-corrected chi connectivity index (χ4v) is 2.84. The fourth-order valence-electron chi connectivity index (χ4n) is 2.84. The summed E-state index contributed by atoms with van der Waals surface area (Å²) in [4.78, 5) is 13.9. The van der Waals surface area contributed by atoms with Crippen LogP contribution in [0.15, 0.2) is 36.4 Å². The predicted molar refractivity (Wildman–Crippen MR) is 70.0 cm³/mol. The Morgan fingerprint density at radius 3 is 2.50 bits per heavy atom. The van der Waals surface area contributed by atoms with Gasteiger partial charge in [0, 0.05) is 37.6 Å². The number of piperidine rings is 1. The largest absolute Gasteiger partial charge is 0.451 e. The van der Waals surface area contributed by atoms with E-state index in [1.807, 2.05) is 30.3 Å². The van der Waals surface area contributed by atoms with Gasteiger partial charge in [0.1, 0.15) is 5.60 Å². The molecule has 0 aliphatic carbocycles. The predicted octanol–water partition coefficient (Wildman–Crippen LogP) is 2.09. The number of hydrogen-bond acceptors (Lipinski definition) is 3. The van der Waals surface area contributed by atoms with Crippen molar-refractivity contribution in [3.63, 3.8) is 0 Å². The number of ether oxygens (including phenoxy) is 1. The van der Waals surface area contributed by atoms with E-state index in [0.717, 1.165) is 37.1 Å². The van der Waals surface area contributed by atoms with Crippen molar-refractivity contribution in [1.82, 2.24) is 4.90 Å². The minimum absolute atomic E-state index is 0.196. The molecule has 0 unspecified atom stereocenters. The molecule has 94 valence electrons. The zero-order chi connectivity index (χ0) is 12.6. The SMILES string of the molecule is CN1CCC2(CC1)OC(=O)C=C2c1ccccc1. The minimum Gasteiger partial charge on any atom is -0.451 e. The quantitative estimate of drug-likeness (QED) is 0.707. The van der Waals surface area contributed by atoms with Crippen LogP contribution in [0.4, 0.5) is 0 Å². The van der Waals surface area contributed by atoms with Crippen LogP contribution in [-0.2, 0) is 9.53 Å². The van der Waals surface area contributed by atoms with Crippen LogP contribution >= 0.6 is 0 Å². The minimum atomic E-state index is -0.384. The first-order valence-corrected chi connectivity index (χ1v) is 6.39. The number of carbonyl (C=O) groups excluding carboxylic acids is 1. The van der Waals surface area contributed by atoms with Gasteiger partial charge in [0.25, 0.3) is 0 Å². The Hall–Kier alpha value is -1.61. The third-order valence-electron chi connectivity index (χ3n) is 3.93. The van der Waals surface area contributed by atoms with Crippen LogP contribution in [0.3, 0.4) is 0 Å². The molecule has 1 spiro atoms. The van der Waals surface area contributed by atoms with E-state index < -0.39 is 0 Å². The number of benzene rings is 1. The monoisotopic (exact) mass is 243 g/mol. The van der Waals surface area contributed by atoms with Gasteiger partial charge in [0.05, 0.1) is 0 Å². The molecule has 3 heteroatoms. The maximum absolute atomic E-state index is 11.7. The van der Waals surface area contributed by atoms with Crippen molar-refractivity contribution in [2.24, 2.45) is 0 Å². The number of likely N-dealkylation sites (tertiary alicyclic amines) is 1.